The third-order valence-corrected chi connectivity index (χ3v) is 5.72. The smallest absolute Gasteiger partial charge is 0.339 e. The summed E-state index contributed by atoms with van der Waals surface area (Å²) in [4.78, 5) is 20.8. The number of hydrogen-bond donors (Lipinski definition) is 4. The number of hydroxylamine groups is 1. The molecule has 0 aromatic heterocycles. The number of carboxylic acid groups (broad SMARTS) is 1. The molecule has 0 aliphatic carbocycles. The number of carbonyl (C=O) groups is 2. The van der Waals surface area contributed by atoms with E-state index in [1.54, 1.807) is 30.3 Å². The zero-order chi connectivity index (χ0) is 18.9. The molecule has 9 nitrogen and oxygen atoms in total. The molecule has 134 valence electrons. The van der Waals surface area contributed by atoms with E-state index in [-0.39, 0.29) is 15.7 Å². The standard InChI is InChI=1S/C8H10AsNO5.C7H6O3/c1-7(11)10-14-9(12,15-13)8-5-3-2-4-6-8;8-6-4-2-1-3-5(6)7(9)10/h2-6,13H,1H3,(H,10,11);1-4,8H,(H,9,10). The SMILES string of the molecule is CC(=O)NO[As](=O)(OO)c1ccccc1.O=C(O)c1ccccc1O. The Morgan fingerprint density at radius 3 is 2.04 bits per heavy atom. The van der Waals surface area contributed by atoms with Crippen molar-refractivity contribution < 1.29 is 36.5 Å². The number of carboxylic acids is 1. The van der Waals surface area contributed by atoms with Crippen LogP contribution in [0, 0.1) is 0 Å². The van der Waals surface area contributed by atoms with Gasteiger partial charge in [-0.2, -0.15) is 0 Å². The Labute approximate surface area is 145 Å². The summed E-state index contributed by atoms with van der Waals surface area (Å²) in [6, 6.07) is 13.7. The molecule has 0 saturated carbocycles. The molecule has 0 bridgehead atoms. The van der Waals surface area contributed by atoms with Crippen molar-refractivity contribution in [3.63, 3.8) is 0 Å². The summed E-state index contributed by atoms with van der Waals surface area (Å²) in [7, 11) is 0. The van der Waals surface area contributed by atoms with Crippen molar-refractivity contribution >= 4 is 30.4 Å². The average Bonchev–Trinajstić information content (AvgIpc) is 2.61. The van der Waals surface area contributed by atoms with Crippen LogP contribution in [-0.4, -0.2) is 41.5 Å². The van der Waals surface area contributed by atoms with Gasteiger partial charge >= 0.3 is 94.6 Å². The van der Waals surface area contributed by atoms with E-state index in [1.165, 1.54) is 31.2 Å². The Morgan fingerprint density at radius 2 is 1.60 bits per heavy atom. The van der Waals surface area contributed by atoms with Gasteiger partial charge in [-0.1, -0.05) is 12.1 Å². The number of aromatic carboxylic acids is 1. The van der Waals surface area contributed by atoms with Crippen molar-refractivity contribution in [2.75, 3.05) is 0 Å². The van der Waals surface area contributed by atoms with Crippen molar-refractivity contribution in [2.24, 2.45) is 0 Å². The molecule has 10 heteroatoms. The fourth-order valence-corrected chi connectivity index (χ4v) is 3.64. The summed E-state index contributed by atoms with van der Waals surface area (Å²) < 4.78 is 20.5. The van der Waals surface area contributed by atoms with Gasteiger partial charge < -0.3 is 10.2 Å². The van der Waals surface area contributed by atoms with Gasteiger partial charge in [0.15, 0.2) is 0 Å². The Kier molecular flexibility index (Phi) is 7.90. The molecule has 0 radical (unpaired) electrons. The molecule has 0 spiro atoms. The summed E-state index contributed by atoms with van der Waals surface area (Å²) in [5, 5.41) is 25.8. The van der Waals surface area contributed by atoms with Gasteiger partial charge in [0.05, 0.1) is 0 Å². The van der Waals surface area contributed by atoms with Crippen molar-refractivity contribution in [2.45, 2.75) is 6.92 Å². The first-order valence-corrected chi connectivity index (χ1v) is 9.99. The predicted octanol–water partition coefficient (Wildman–Crippen LogP) is 0.911. The minimum Gasteiger partial charge on any atom is -0.507 e. The molecular formula is C15H16AsNO8. The molecule has 0 aliphatic heterocycles. The second-order valence-corrected chi connectivity index (χ2v) is 8.38. The molecular weight excluding hydrogens is 397 g/mol. The van der Waals surface area contributed by atoms with Crippen LogP contribution in [0.25, 0.3) is 0 Å². The Hall–Kier alpha value is -2.58. The van der Waals surface area contributed by atoms with Gasteiger partial charge in [0, 0.05) is 0 Å². The van der Waals surface area contributed by atoms with Crippen molar-refractivity contribution in [3.05, 3.63) is 60.2 Å². The van der Waals surface area contributed by atoms with E-state index in [9.17, 15) is 13.3 Å². The van der Waals surface area contributed by atoms with E-state index >= 15 is 0 Å². The van der Waals surface area contributed by atoms with Crippen LogP contribution in [0.2, 0.25) is 0 Å². The van der Waals surface area contributed by atoms with Crippen molar-refractivity contribution in [3.8, 4) is 5.75 Å². The predicted molar refractivity (Wildman–Crippen MR) is 86.2 cm³/mol. The van der Waals surface area contributed by atoms with Gasteiger partial charge in [0.1, 0.15) is 11.3 Å². The molecule has 2 aromatic rings. The van der Waals surface area contributed by atoms with Crippen LogP contribution in [-0.2, 0) is 16.2 Å². The Bertz CT molecular complexity index is 765. The first-order valence-electron chi connectivity index (χ1n) is 6.75. The summed E-state index contributed by atoms with van der Waals surface area (Å²) in [6.07, 6.45) is 0. The third-order valence-electron chi connectivity index (χ3n) is 2.62. The zero-order valence-corrected chi connectivity index (χ0v) is 14.9. The zero-order valence-electron chi connectivity index (χ0n) is 13.0. The normalized spacial score (nSPS) is 12.2. The maximum Gasteiger partial charge on any atom is 0.339 e. The largest absolute Gasteiger partial charge is 0.507 e. The Morgan fingerprint density at radius 1 is 1.04 bits per heavy atom. The number of carbonyl (C=O) groups excluding carboxylic acids is 1. The van der Waals surface area contributed by atoms with Crippen LogP contribution in [0.3, 0.4) is 0 Å². The molecule has 1 amide bonds. The summed E-state index contributed by atoms with van der Waals surface area (Å²) >= 11 is -4.55. The number of phenols is 1. The molecule has 4 N–H and O–H groups in total. The monoisotopic (exact) mass is 413 g/mol. The first kappa shape index (κ1) is 20.5. The van der Waals surface area contributed by atoms with Gasteiger partial charge in [-0.15, -0.1) is 0 Å². The van der Waals surface area contributed by atoms with E-state index in [0.717, 1.165) is 0 Å². The molecule has 1 atom stereocenters. The van der Waals surface area contributed by atoms with Gasteiger partial charge in [-0.05, 0) is 12.1 Å². The van der Waals surface area contributed by atoms with E-state index in [1.807, 2.05) is 5.48 Å². The maximum absolute atomic E-state index is 11.8. The minimum absolute atomic E-state index is 0.0671. The van der Waals surface area contributed by atoms with E-state index in [4.69, 9.17) is 15.5 Å². The topological polar surface area (TPSA) is 142 Å². The summed E-state index contributed by atoms with van der Waals surface area (Å²) in [6.45, 7) is 1.18. The number of hydrogen-bond acceptors (Lipinski definition) is 7. The fraction of sp³-hybridized carbons (Fsp3) is 0.0667. The van der Waals surface area contributed by atoms with Crippen LogP contribution < -0.4 is 9.83 Å². The number of rotatable bonds is 5. The number of nitrogens with one attached hydrogen (secondary N) is 1. The Balaban J connectivity index is 0.000000271. The van der Waals surface area contributed by atoms with Crippen LogP contribution in [0.1, 0.15) is 17.3 Å². The quantitative estimate of drug-likeness (QED) is 0.322. The second kappa shape index (κ2) is 9.65. The van der Waals surface area contributed by atoms with Crippen LogP contribution in [0.15, 0.2) is 54.6 Å². The van der Waals surface area contributed by atoms with Crippen molar-refractivity contribution in [1.82, 2.24) is 5.48 Å². The number of aromatic hydroxyl groups is 1. The molecule has 0 saturated heterocycles. The molecule has 1 unspecified atom stereocenters. The molecule has 0 fully saturated rings. The van der Waals surface area contributed by atoms with Crippen LogP contribution in [0.5, 0.6) is 5.75 Å². The minimum atomic E-state index is -4.55. The molecule has 0 heterocycles. The van der Waals surface area contributed by atoms with Crippen LogP contribution >= 0.6 is 0 Å². The van der Waals surface area contributed by atoms with Gasteiger partial charge in [-0.3, -0.25) is 0 Å². The van der Waals surface area contributed by atoms with E-state index in [2.05, 4.69) is 7.70 Å². The van der Waals surface area contributed by atoms with Gasteiger partial charge in [-0.25, -0.2) is 4.79 Å². The summed E-state index contributed by atoms with van der Waals surface area (Å²) in [5.41, 5.74) is 1.81. The number of amides is 1. The summed E-state index contributed by atoms with van der Waals surface area (Å²) in [5.74, 6) is -1.85. The molecule has 2 rings (SSSR count). The molecule has 25 heavy (non-hydrogen) atoms. The fourth-order valence-electron chi connectivity index (χ4n) is 1.51. The first-order chi connectivity index (χ1) is 11.8. The number of para-hydroxylation sites is 1. The maximum atomic E-state index is 11.8. The third kappa shape index (κ3) is 6.44. The molecule has 0 aliphatic rings. The average molecular weight is 413 g/mol. The van der Waals surface area contributed by atoms with E-state index in [0.29, 0.717) is 0 Å². The van der Waals surface area contributed by atoms with Gasteiger partial charge in [0.2, 0.25) is 0 Å². The van der Waals surface area contributed by atoms with E-state index < -0.39 is 26.0 Å². The van der Waals surface area contributed by atoms with Crippen molar-refractivity contribution in [1.29, 1.82) is 0 Å². The number of benzene rings is 2. The second-order valence-electron chi connectivity index (χ2n) is 4.49. The molecule has 2 aromatic carbocycles. The van der Waals surface area contributed by atoms with Gasteiger partial charge in [0.25, 0.3) is 0 Å². The van der Waals surface area contributed by atoms with Crippen LogP contribution in [0.4, 0.5) is 0 Å².